The second-order valence-electron chi connectivity index (χ2n) is 7.23. The predicted octanol–water partition coefficient (Wildman–Crippen LogP) is 5.26. The molecule has 5 heteroatoms. The Morgan fingerprint density at radius 3 is 2.64 bits per heavy atom. The van der Waals surface area contributed by atoms with Gasteiger partial charge < -0.3 is 9.22 Å². The fraction of sp³-hybridized carbons (Fsp3) is 0.529. The number of rotatable bonds is 5. The van der Waals surface area contributed by atoms with Gasteiger partial charge >= 0.3 is 0 Å². The molecule has 2 rings (SSSR count). The number of hydrogen-bond acceptors (Lipinski definition) is 4. The monoisotopic (exact) mass is 335 g/mol. The van der Waals surface area contributed by atoms with Crippen molar-refractivity contribution in [1.29, 1.82) is 0 Å². The molecule has 0 aliphatic carbocycles. The number of aryl methyl sites for hydroxylation is 1. The van der Waals surface area contributed by atoms with Gasteiger partial charge in [0.15, 0.2) is 8.32 Å². The molecule has 0 N–H and O–H groups in total. The van der Waals surface area contributed by atoms with Crippen LogP contribution in [0.3, 0.4) is 0 Å². The van der Waals surface area contributed by atoms with E-state index in [1.807, 2.05) is 6.92 Å². The lowest BCUT2D eigenvalue weighted by atomic mass is 10.1. The average Bonchev–Trinajstić information content (AvgIpc) is 2.75. The highest BCUT2D eigenvalue weighted by Gasteiger charge is 2.39. The molecule has 0 radical (unpaired) electrons. The van der Waals surface area contributed by atoms with Gasteiger partial charge in [0.1, 0.15) is 6.29 Å². The molecule has 0 amide bonds. The summed E-state index contributed by atoms with van der Waals surface area (Å²) in [4.78, 5) is 15.7. The van der Waals surface area contributed by atoms with Crippen LogP contribution in [0.25, 0.3) is 10.2 Å². The number of aldehydes is 1. The Labute approximate surface area is 137 Å². The number of carbonyl (C=O) groups excluding carboxylic acids is 1. The Hall–Kier alpha value is -1.04. The third-order valence-corrected chi connectivity index (χ3v) is 9.88. The fourth-order valence-electron chi connectivity index (χ4n) is 2.13. The lowest BCUT2D eigenvalue weighted by Gasteiger charge is -2.39. The molecule has 0 aliphatic rings. The second kappa shape index (κ2) is 6.22. The van der Waals surface area contributed by atoms with Crippen molar-refractivity contribution in [2.75, 3.05) is 0 Å². The zero-order valence-electron chi connectivity index (χ0n) is 14.3. The first-order chi connectivity index (χ1) is 10.1. The molecule has 1 aromatic heterocycles. The van der Waals surface area contributed by atoms with Gasteiger partial charge in [0.25, 0.3) is 0 Å². The van der Waals surface area contributed by atoms with Gasteiger partial charge in [-0.25, -0.2) is 4.98 Å². The highest BCUT2D eigenvalue weighted by atomic mass is 32.1. The molecule has 0 aliphatic heterocycles. The van der Waals surface area contributed by atoms with Gasteiger partial charge in [-0.2, -0.15) is 0 Å². The average molecular weight is 336 g/mol. The van der Waals surface area contributed by atoms with Crippen molar-refractivity contribution < 1.29 is 9.22 Å². The zero-order valence-corrected chi connectivity index (χ0v) is 16.1. The number of fused-ring (bicyclic) bond motifs is 1. The minimum atomic E-state index is -1.93. The molecule has 22 heavy (non-hydrogen) atoms. The van der Waals surface area contributed by atoms with Gasteiger partial charge in [0.2, 0.25) is 0 Å². The molecule has 1 heterocycles. The minimum Gasteiger partial charge on any atom is -0.410 e. The largest absolute Gasteiger partial charge is 0.410 e. The van der Waals surface area contributed by atoms with Crippen molar-refractivity contribution in [3.05, 3.63) is 28.8 Å². The molecular weight excluding hydrogens is 310 g/mol. The van der Waals surface area contributed by atoms with E-state index in [1.54, 1.807) is 11.3 Å². The van der Waals surface area contributed by atoms with E-state index in [-0.39, 0.29) is 11.1 Å². The summed E-state index contributed by atoms with van der Waals surface area (Å²) in [7, 11) is -1.93. The molecule has 1 aromatic carbocycles. The van der Waals surface area contributed by atoms with Gasteiger partial charge in [0, 0.05) is 6.42 Å². The van der Waals surface area contributed by atoms with Crippen LogP contribution in [0.2, 0.25) is 18.1 Å². The van der Waals surface area contributed by atoms with Gasteiger partial charge in [-0.15, -0.1) is 11.3 Å². The van der Waals surface area contributed by atoms with E-state index in [4.69, 9.17) is 4.43 Å². The molecule has 0 bridgehead atoms. The van der Waals surface area contributed by atoms with Crippen LogP contribution in [0.15, 0.2) is 18.2 Å². The first-order valence-electron chi connectivity index (χ1n) is 7.62. The van der Waals surface area contributed by atoms with Gasteiger partial charge in [-0.3, -0.25) is 0 Å². The summed E-state index contributed by atoms with van der Waals surface area (Å²) in [6.07, 6.45) is 1.17. The summed E-state index contributed by atoms with van der Waals surface area (Å²) in [6, 6.07) is 6.23. The number of benzene rings is 1. The summed E-state index contributed by atoms with van der Waals surface area (Å²) < 4.78 is 7.65. The third kappa shape index (κ3) is 3.64. The van der Waals surface area contributed by atoms with Gasteiger partial charge in [0.05, 0.1) is 21.3 Å². The van der Waals surface area contributed by atoms with Crippen molar-refractivity contribution in [3.8, 4) is 0 Å². The Bertz CT molecular complexity index is 673. The predicted molar refractivity (Wildman–Crippen MR) is 96.1 cm³/mol. The van der Waals surface area contributed by atoms with Crippen LogP contribution >= 0.6 is 11.3 Å². The Balaban J connectivity index is 2.35. The topological polar surface area (TPSA) is 39.2 Å². The third-order valence-electron chi connectivity index (χ3n) is 4.44. The van der Waals surface area contributed by atoms with Crippen molar-refractivity contribution in [2.45, 2.75) is 58.4 Å². The van der Waals surface area contributed by atoms with E-state index >= 15 is 0 Å². The number of carbonyl (C=O) groups is 1. The van der Waals surface area contributed by atoms with E-state index in [0.29, 0.717) is 6.42 Å². The molecule has 2 aromatic rings. The maximum atomic E-state index is 11.1. The van der Waals surface area contributed by atoms with Crippen LogP contribution in [0.5, 0.6) is 0 Å². The molecule has 0 spiro atoms. The SMILES string of the molecule is Cc1nc2cc([C@H](CC=O)O[Si](C)(C)C(C)(C)C)ccc2s1. The van der Waals surface area contributed by atoms with Crippen LogP contribution in [-0.2, 0) is 9.22 Å². The van der Waals surface area contributed by atoms with Crippen LogP contribution in [0.1, 0.15) is 43.9 Å². The second-order valence-corrected chi connectivity index (χ2v) is 13.2. The van der Waals surface area contributed by atoms with Crippen molar-refractivity contribution >= 4 is 36.2 Å². The van der Waals surface area contributed by atoms with Crippen molar-refractivity contribution in [3.63, 3.8) is 0 Å². The number of thiazole rings is 1. The molecule has 3 nitrogen and oxygen atoms in total. The van der Waals surface area contributed by atoms with Crippen molar-refractivity contribution in [2.24, 2.45) is 0 Å². The van der Waals surface area contributed by atoms with E-state index in [1.165, 1.54) is 4.70 Å². The number of aromatic nitrogens is 1. The van der Waals surface area contributed by atoms with E-state index in [9.17, 15) is 4.79 Å². The molecule has 1 atom stereocenters. The first kappa shape index (κ1) is 17.3. The molecule has 0 saturated heterocycles. The molecule has 0 unspecified atom stereocenters. The maximum Gasteiger partial charge on any atom is 0.192 e. The number of hydrogen-bond donors (Lipinski definition) is 0. The zero-order chi connectivity index (χ0) is 16.5. The van der Waals surface area contributed by atoms with E-state index in [2.05, 4.69) is 57.0 Å². The smallest absolute Gasteiger partial charge is 0.192 e. The minimum absolute atomic E-state index is 0.120. The molecule has 120 valence electrons. The van der Waals surface area contributed by atoms with Gasteiger partial charge in [-0.1, -0.05) is 26.8 Å². The highest BCUT2D eigenvalue weighted by Crippen LogP contribution is 2.40. The Kier molecular flexibility index (Phi) is 4.89. The standard InChI is InChI=1S/C17H25NO2SSi/c1-12-18-14-11-13(7-8-16(14)21-12)15(9-10-19)20-22(5,6)17(2,3)4/h7-8,10-11,15H,9H2,1-6H3/t15-/m0/s1. The maximum absolute atomic E-state index is 11.1. The highest BCUT2D eigenvalue weighted by molar-refractivity contribution is 7.18. The quantitative estimate of drug-likeness (QED) is 0.553. The van der Waals surface area contributed by atoms with Gasteiger partial charge in [-0.05, 0) is 42.8 Å². The van der Waals surface area contributed by atoms with Crippen LogP contribution in [0.4, 0.5) is 0 Å². The van der Waals surface area contributed by atoms with E-state index in [0.717, 1.165) is 22.4 Å². The van der Waals surface area contributed by atoms with Crippen LogP contribution in [0, 0.1) is 6.92 Å². The fourth-order valence-corrected chi connectivity index (χ4v) is 4.24. The summed E-state index contributed by atoms with van der Waals surface area (Å²) in [5, 5.41) is 1.18. The Morgan fingerprint density at radius 1 is 1.36 bits per heavy atom. The first-order valence-corrected chi connectivity index (χ1v) is 11.3. The molecular formula is C17H25NO2SSi. The Morgan fingerprint density at radius 2 is 2.05 bits per heavy atom. The van der Waals surface area contributed by atoms with Crippen molar-refractivity contribution in [1.82, 2.24) is 4.98 Å². The lowest BCUT2D eigenvalue weighted by molar-refractivity contribution is -0.109. The molecule has 0 saturated carbocycles. The molecule has 0 fully saturated rings. The summed E-state index contributed by atoms with van der Waals surface area (Å²) in [5.41, 5.74) is 2.05. The summed E-state index contributed by atoms with van der Waals surface area (Å²) in [6.45, 7) is 13.1. The normalized spacial score (nSPS) is 14.3. The number of nitrogens with zero attached hydrogens (tertiary/aromatic N) is 1. The lowest BCUT2D eigenvalue weighted by Crippen LogP contribution is -2.41. The summed E-state index contributed by atoms with van der Waals surface area (Å²) >= 11 is 1.69. The van der Waals surface area contributed by atoms with Crippen LogP contribution < -0.4 is 0 Å². The summed E-state index contributed by atoms with van der Waals surface area (Å²) in [5.74, 6) is 0. The van der Waals surface area contributed by atoms with E-state index < -0.39 is 8.32 Å². The van der Waals surface area contributed by atoms with Crippen LogP contribution in [-0.4, -0.2) is 19.6 Å².